The van der Waals surface area contributed by atoms with E-state index in [2.05, 4.69) is 10.3 Å². The minimum atomic E-state index is -4.52. The van der Waals surface area contributed by atoms with E-state index in [-0.39, 0.29) is 23.1 Å². The van der Waals surface area contributed by atoms with E-state index in [1.54, 1.807) is 11.9 Å². The van der Waals surface area contributed by atoms with Crippen molar-refractivity contribution in [2.24, 2.45) is 0 Å². The third-order valence-corrected chi connectivity index (χ3v) is 2.92. The molecule has 3 N–H and O–H groups in total. The SMILES string of the molecule is CC(=O)Nc1cc(N)c(N(C)CCN(C)C)nc1OCC(F)(F)F. The summed E-state index contributed by atoms with van der Waals surface area (Å²) in [5.74, 6) is -0.520. The zero-order chi connectivity index (χ0) is 18.5. The van der Waals surface area contributed by atoms with Gasteiger partial charge in [-0.1, -0.05) is 0 Å². The van der Waals surface area contributed by atoms with Gasteiger partial charge in [0.15, 0.2) is 12.4 Å². The standard InChI is InChI=1S/C14H22F3N5O2/c1-9(23)19-11-7-10(18)12(22(4)6-5-21(2)3)20-13(11)24-8-14(15,16)17/h7H,5-6,8,18H2,1-4H3,(H,19,23). The summed E-state index contributed by atoms with van der Waals surface area (Å²) in [6.07, 6.45) is -4.52. The Morgan fingerprint density at radius 3 is 2.46 bits per heavy atom. The number of nitrogens with two attached hydrogens (primary N) is 1. The average molecular weight is 349 g/mol. The molecule has 0 radical (unpaired) electrons. The highest BCUT2D eigenvalue weighted by molar-refractivity contribution is 5.91. The second-order valence-electron chi connectivity index (χ2n) is 5.56. The molecule has 0 unspecified atom stereocenters. The largest absolute Gasteiger partial charge is 0.466 e. The molecule has 0 bridgehead atoms. The molecular formula is C14H22F3N5O2. The lowest BCUT2D eigenvalue weighted by Gasteiger charge is -2.23. The minimum Gasteiger partial charge on any atom is -0.466 e. The Bertz CT molecular complexity index is 578. The third-order valence-electron chi connectivity index (χ3n) is 2.92. The maximum atomic E-state index is 12.4. The van der Waals surface area contributed by atoms with Crippen LogP contribution in [-0.4, -0.2) is 62.8 Å². The van der Waals surface area contributed by atoms with E-state index in [1.807, 2.05) is 19.0 Å². The van der Waals surface area contributed by atoms with E-state index in [0.29, 0.717) is 13.1 Å². The molecule has 136 valence electrons. The number of amides is 1. The molecule has 1 rings (SSSR count). The Hall–Kier alpha value is -2.23. The van der Waals surface area contributed by atoms with Gasteiger partial charge in [0, 0.05) is 27.1 Å². The first kappa shape index (κ1) is 19.8. The number of hydrogen-bond donors (Lipinski definition) is 2. The quantitative estimate of drug-likeness (QED) is 0.777. The number of aromatic nitrogens is 1. The van der Waals surface area contributed by atoms with Gasteiger partial charge in [0.05, 0.1) is 5.69 Å². The number of carbonyl (C=O) groups excluding carboxylic acids is 1. The molecule has 0 saturated heterocycles. The van der Waals surface area contributed by atoms with Crippen LogP contribution in [0.25, 0.3) is 0 Å². The predicted octanol–water partition coefficient (Wildman–Crippen LogP) is 1.56. The summed E-state index contributed by atoms with van der Waals surface area (Å²) in [6.45, 7) is 0.963. The van der Waals surface area contributed by atoms with Crippen LogP contribution in [0, 0.1) is 0 Å². The molecular weight excluding hydrogens is 327 g/mol. The maximum absolute atomic E-state index is 12.4. The number of likely N-dealkylation sites (N-methyl/N-ethyl adjacent to an activating group) is 2. The minimum absolute atomic E-state index is 0.00555. The van der Waals surface area contributed by atoms with Crippen LogP contribution in [0.1, 0.15) is 6.92 Å². The second kappa shape index (κ2) is 8.04. The van der Waals surface area contributed by atoms with Gasteiger partial charge in [-0.2, -0.15) is 18.2 Å². The highest BCUT2D eigenvalue weighted by atomic mass is 19.4. The molecule has 24 heavy (non-hydrogen) atoms. The number of carbonyl (C=O) groups is 1. The predicted molar refractivity (Wildman–Crippen MR) is 86.3 cm³/mol. The summed E-state index contributed by atoms with van der Waals surface area (Å²) in [6, 6.07) is 1.33. The summed E-state index contributed by atoms with van der Waals surface area (Å²) in [5, 5.41) is 2.37. The Kier molecular flexibility index (Phi) is 6.64. The lowest BCUT2D eigenvalue weighted by molar-refractivity contribution is -0.153. The number of nitrogen functional groups attached to an aromatic ring is 1. The van der Waals surface area contributed by atoms with Crippen molar-refractivity contribution in [3.05, 3.63) is 6.07 Å². The topological polar surface area (TPSA) is 83.7 Å². The van der Waals surface area contributed by atoms with Gasteiger partial charge < -0.3 is 25.6 Å². The van der Waals surface area contributed by atoms with Crippen LogP contribution in [0.3, 0.4) is 0 Å². The van der Waals surface area contributed by atoms with Gasteiger partial charge in [-0.3, -0.25) is 4.79 Å². The van der Waals surface area contributed by atoms with E-state index in [1.165, 1.54) is 13.0 Å². The zero-order valence-corrected chi connectivity index (χ0v) is 14.1. The monoisotopic (exact) mass is 349 g/mol. The average Bonchev–Trinajstić information content (AvgIpc) is 2.42. The van der Waals surface area contributed by atoms with Gasteiger partial charge in [-0.25, -0.2) is 0 Å². The molecule has 7 nitrogen and oxygen atoms in total. The molecule has 0 aliphatic carbocycles. The van der Waals surface area contributed by atoms with Gasteiger partial charge >= 0.3 is 6.18 Å². The van der Waals surface area contributed by atoms with Crippen LogP contribution in [0.4, 0.5) is 30.4 Å². The number of hydrogen-bond acceptors (Lipinski definition) is 6. The van der Waals surface area contributed by atoms with Crippen LogP contribution < -0.4 is 20.7 Å². The van der Waals surface area contributed by atoms with Crippen molar-refractivity contribution < 1.29 is 22.7 Å². The van der Waals surface area contributed by atoms with Crippen LogP contribution in [-0.2, 0) is 4.79 Å². The van der Waals surface area contributed by atoms with E-state index in [4.69, 9.17) is 10.5 Å². The lowest BCUT2D eigenvalue weighted by atomic mass is 10.3. The van der Waals surface area contributed by atoms with E-state index < -0.39 is 18.7 Å². The Morgan fingerprint density at radius 2 is 1.96 bits per heavy atom. The molecule has 0 spiro atoms. The van der Waals surface area contributed by atoms with Crippen molar-refractivity contribution >= 4 is 23.1 Å². The lowest BCUT2D eigenvalue weighted by Crippen LogP contribution is -2.30. The molecule has 1 amide bonds. The molecule has 10 heteroatoms. The second-order valence-corrected chi connectivity index (χ2v) is 5.56. The Labute approximate surface area is 138 Å². The number of pyridine rings is 1. The van der Waals surface area contributed by atoms with Gasteiger partial charge in [-0.15, -0.1) is 0 Å². The summed E-state index contributed by atoms with van der Waals surface area (Å²) in [7, 11) is 5.50. The number of ether oxygens (including phenoxy) is 1. The van der Waals surface area contributed by atoms with Crippen molar-refractivity contribution in [3.8, 4) is 5.88 Å². The molecule has 0 aliphatic rings. The first-order valence-corrected chi connectivity index (χ1v) is 7.13. The molecule has 0 atom stereocenters. The van der Waals surface area contributed by atoms with E-state index in [9.17, 15) is 18.0 Å². The van der Waals surface area contributed by atoms with E-state index in [0.717, 1.165) is 0 Å². The van der Waals surface area contributed by atoms with Crippen LogP contribution in [0.15, 0.2) is 6.07 Å². The van der Waals surface area contributed by atoms with Gasteiger partial charge in [0.25, 0.3) is 0 Å². The first-order valence-electron chi connectivity index (χ1n) is 7.13. The molecule has 0 aromatic carbocycles. The summed E-state index contributed by atoms with van der Waals surface area (Å²) >= 11 is 0. The van der Waals surface area contributed by atoms with Crippen molar-refractivity contribution in [1.82, 2.24) is 9.88 Å². The molecule has 1 aromatic rings. The molecule has 0 aliphatic heterocycles. The highest BCUT2D eigenvalue weighted by Crippen LogP contribution is 2.32. The zero-order valence-electron chi connectivity index (χ0n) is 14.1. The number of alkyl halides is 3. The van der Waals surface area contributed by atoms with Crippen LogP contribution >= 0.6 is 0 Å². The summed E-state index contributed by atoms with van der Waals surface area (Å²) < 4.78 is 41.9. The van der Waals surface area contributed by atoms with Crippen molar-refractivity contribution in [2.75, 3.05) is 56.8 Å². The number of nitrogens with zero attached hydrogens (tertiary/aromatic N) is 3. The van der Waals surface area contributed by atoms with Crippen molar-refractivity contribution in [1.29, 1.82) is 0 Å². The Balaban J connectivity index is 3.10. The number of halogens is 3. The number of nitrogens with one attached hydrogen (secondary N) is 1. The molecule has 1 heterocycles. The van der Waals surface area contributed by atoms with Gasteiger partial charge in [0.1, 0.15) is 5.69 Å². The van der Waals surface area contributed by atoms with Crippen molar-refractivity contribution in [2.45, 2.75) is 13.1 Å². The van der Waals surface area contributed by atoms with Crippen LogP contribution in [0.2, 0.25) is 0 Å². The third kappa shape index (κ3) is 6.49. The first-order chi connectivity index (χ1) is 11.0. The summed E-state index contributed by atoms with van der Waals surface area (Å²) in [5.41, 5.74) is 6.12. The van der Waals surface area contributed by atoms with Crippen molar-refractivity contribution in [3.63, 3.8) is 0 Å². The molecule has 1 aromatic heterocycles. The van der Waals surface area contributed by atoms with E-state index >= 15 is 0 Å². The fraction of sp³-hybridized carbons (Fsp3) is 0.571. The molecule has 0 saturated carbocycles. The fourth-order valence-electron chi connectivity index (χ4n) is 1.80. The number of anilines is 3. The normalized spacial score (nSPS) is 11.5. The maximum Gasteiger partial charge on any atom is 0.422 e. The van der Waals surface area contributed by atoms with Gasteiger partial charge in [0.2, 0.25) is 11.8 Å². The summed E-state index contributed by atoms with van der Waals surface area (Å²) in [4.78, 5) is 18.9. The van der Waals surface area contributed by atoms with Crippen LogP contribution in [0.5, 0.6) is 5.88 Å². The fourth-order valence-corrected chi connectivity index (χ4v) is 1.80. The number of rotatable bonds is 7. The van der Waals surface area contributed by atoms with Gasteiger partial charge in [-0.05, 0) is 20.2 Å². The molecule has 0 fully saturated rings. The smallest absolute Gasteiger partial charge is 0.422 e. The highest BCUT2D eigenvalue weighted by Gasteiger charge is 2.29. The Morgan fingerprint density at radius 1 is 1.33 bits per heavy atom.